The van der Waals surface area contributed by atoms with Crippen LogP contribution in [0.5, 0.6) is 0 Å². The quantitative estimate of drug-likeness (QED) is 0.928. The number of aryl methyl sites for hydroxylation is 1. The summed E-state index contributed by atoms with van der Waals surface area (Å²) in [5, 5.41) is 16.3. The minimum atomic E-state index is -0.125. The van der Waals surface area contributed by atoms with Gasteiger partial charge in [0.05, 0.1) is 17.3 Å². The maximum absolute atomic E-state index is 13.0. The van der Waals surface area contributed by atoms with Crippen LogP contribution >= 0.6 is 0 Å². The van der Waals surface area contributed by atoms with Crippen LogP contribution in [-0.4, -0.2) is 37.5 Å². The third-order valence-corrected chi connectivity index (χ3v) is 4.54. The van der Waals surface area contributed by atoms with Gasteiger partial charge >= 0.3 is 0 Å². The molecule has 1 N–H and O–H groups in total. The van der Waals surface area contributed by atoms with E-state index in [1.165, 1.54) is 0 Å². The number of hydrogen-bond donors (Lipinski definition) is 1. The van der Waals surface area contributed by atoms with Gasteiger partial charge < -0.3 is 4.90 Å². The lowest BCUT2D eigenvalue weighted by molar-refractivity contribution is 0.0594. The number of carbonyl (C=O) groups is 1. The van der Waals surface area contributed by atoms with Crippen molar-refractivity contribution in [2.75, 3.05) is 6.54 Å². The lowest BCUT2D eigenvalue weighted by Gasteiger charge is -2.34. The predicted octanol–water partition coefficient (Wildman–Crippen LogP) is 2.87. The monoisotopic (exact) mass is 338 g/mol. The van der Waals surface area contributed by atoms with Crippen LogP contribution in [0.3, 0.4) is 0 Å². The van der Waals surface area contributed by atoms with Gasteiger partial charge in [-0.2, -0.15) is 10.4 Å². The number of nitrogens with zero attached hydrogens (tertiary/aromatic N) is 5. The maximum Gasteiger partial charge on any atom is 0.273 e. The van der Waals surface area contributed by atoms with Gasteiger partial charge in [0.1, 0.15) is 17.6 Å². The number of nitriles is 1. The predicted molar refractivity (Wildman–Crippen MR) is 91.8 cm³/mol. The number of likely N-dealkylation sites (tertiary alicyclic amines) is 1. The van der Waals surface area contributed by atoms with Crippen LogP contribution in [0.1, 0.15) is 78.5 Å². The van der Waals surface area contributed by atoms with E-state index in [1.54, 1.807) is 19.1 Å². The highest BCUT2D eigenvalue weighted by atomic mass is 16.2. The van der Waals surface area contributed by atoms with Crippen LogP contribution in [0.2, 0.25) is 0 Å². The average molecular weight is 338 g/mol. The van der Waals surface area contributed by atoms with Crippen LogP contribution in [0.4, 0.5) is 0 Å². The molecule has 1 aliphatic heterocycles. The second kappa shape index (κ2) is 7.01. The molecule has 1 aliphatic rings. The van der Waals surface area contributed by atoms with E-state index >= 15 is 0 Å². The highest BCUT2D eigenvalue weighted by molar-refractivity contribution is 5.92. The summed E-state index contributed by atoms with van der Waals surface area (Å²) in [5.41, 5.74) is 1.43. The zero-order valence-corrected chi connectivity index (χ0v) is 14.8. The summed E-state index contributed by atoms with van der Waals surface area (Å²) < 4.78 is 0. The minimum absolute atomic E-state index is 0.112. The van der Waals surface area contributed by atoms with E-state index in [9.17, 15) is 4.79 Å². The molecule has 1 saturated heterocycles. The molecule has 1 amide bonds. The Kier molecular flexibility index (Phi) is 4.79. The summed E-state index contributed by atoms with van der Waals surface area (Å²) in [6.45, 7) is 6.50. The van der Waals surface area contributed by atoms with Crippen LogP contribution in [0.15, 0.2) is 12.1 Å². The molecule has 0 spiro atoms. The van der Waals surface area contributed by atoms with Gasteiger partial charge in [0.15, 0.2) is 5.82 Å². The third kappa shape index (κ3) is 3.38. The van der Waals surface area contributed by atoms with Crippen LogP contribution in [0.25, 0.3) is 0 Å². The summed E-state index contributed by atoms with van der Waals surface area (Å²) >= 11 is 0. The van der Waals surface area contributed by atoms with Crippen molar-refractivity contribution in [2.24, 2.45) is 0 Å². The Morgan fingerprint density at radius 3 is 2.80 bits per heavy atom. The van der Waals surface area contributed by atoms with Crippen molar-refractivity contribution >= 4 is 5.91 Å². The number of pyridine rings is 1. The number of aromatic nitrogens is 4. The van der Waals surface area contributed by atoms with Crippen molar-refractivity contribution in [1.82, 2.24) is 25.1 Å². The first-order chi connectivity index (χ1) is 12.0. The highest BCUT2D eigenvalue weighted by Gasteiger charge is 2.32. The van der Waals surface area contributed by atoms with Crippen molar-refractivity contribution in [3.63, 3.8) is 0 Å². The largest absolute Gasteiger partial charge is 0.327 e. The first-order valence-corrected chi connectivity index (χ1v) is 8.62. The van der Waals surface area contributed by atoms with Gasteiger partial charge in [0.25, 0.3) is 5.91 Å². The molecular weight excluding hydrogens is 316 g/mol. The number of piperidine rings is 1. The summed E-state index contributed by atoms with van der Waals surface area (Å²) in [4.78, 5) is 23.7. The molecule has 0 aromatic carbocycles. The van der Waals surface area contributed by atoms with Crippen molar-refractivity contribution in [3.05, 3.63) is 40.7 Å². The van der Waals surface area contributed by atoms with Crippen molar-refractivity contribution in [2.45, 2.75) is 52.0 Å². The van der Waals surface area contributed by atoms with E-state index in [-0.39, 0.29) is 17.9 Å². The first kappa shape index (κ1) is 17.1. The Hall–Kier alpha value is -2.75. The number of rotatable bonds is 3. The van der Waals surface area contributed by atoms with Gasteiger partial charge in [-0.05, 0) is 38.3 Å². The Morgan fingerprint density at radius 2 is 2.16 bits per heavy atom. The first-order valence-electron chi connectivity index (χ1n) is 8.62. The molecule has 0 aliphatic carbocycles. The molecule has 7 nitrogen and oxygen atoms in total. The van der Waals surface area contributed by atoms with Gasteiger partial charge in [-0.3, -0.25) is 9.89 Å². The molecule has 0 radical (unpaired) electrons. The highest BCUT2D eigenvalue weighted by Crippen LogP contribution is 2.30. The topological polar surface area (TPSA) is 98.6 Å². The Labute approximate surface area is 147 Å². The average Bonchev–Trinajstić information content (AvgIpc) is 3.11. The van der Waals surface area contributed by atoms with Crippen LogP contribution in [0, 0.1) is 18.3 Å². The standard InChI is InChI=1S/C18H22N6O/c1-11(2)16-21-17(23-22-16)15-6-4-5-9-24(15)18(25)14-8-7-13(10-19)12(3)20-14/h7-8,11,15H,4-6,9H2,1-3H3,(H,21,22,23)/t15-/m0/s1. The van der Waals surface area contributed by atoms with E-state index in [0.29, 0.717) is 23.5 Å². The van der Waals surface area contributed by atoms with Gasteiger partial charge in [-0.25, -0.2) is 9.97 Å². The Balaban J connectivity index is 1.88. The van der Waals surface area contributed by atoms with Gasteiger partial charge in [0.2, 0.25) is 0 Å². The second-order valence-electron chi connectivity index (χ2n) is 6.68. The van der Waals surface area contributed by atoms with E-state index in [0.717, 1.165) is 30.9 Å². The summed E-state index contributed by atoms with van der Waals surface area (Å²) in [6.07, 6.45) is 2.86. The number of aromatic amines is 1. The lowest BCUT2D eigenvalue weighted by Crippen LogP contribution is -2.39. The maximum atomic E-state index is 13.0. The molecule has 1 fully saturated rings. The van der Waals surface area contributed by atoms with Gasteiger partial charge in [-0.15, -0.1) is 0 Å². The Morgan fingerprint density at radius 1 is 1.36 bits per heavy atom. The van der Waals surface area contributed by atoms with Crippen LogP contribution < -0.4 is 0 Å². The molecule has 130 valence electrons. The minimum Gasteiger partial charge on any atom is -0.327 e. The molecule has 25 heavy (non-hydrogen) atoms. The van der Waals surface area contributed by atoms with Crippen LogP contribution in [-0.2, 0) is 0 Å². The van der Waals surface area contributed by atoms with E-state index in [4.69, 9.17) is 5.26 Å². The van der Waals surface area contributed by atoms with Crippen molar-refractivity contribution < 1.29 is 4.79 Å². The molecule has 7 heteroatoms. The summed E-state index contributed by atoms with van der Waals surface area (Å²) in [6, 6.07) is 5.24. The number of carbonyl (C=O) groups excluding carboxylic acids is 1. The zero-order valence-electron chi connectivity index (χ0n) is 14.8. The molecule has 1 atom stereocenters. The fraction of sp³-hybridized carbons (Fsp3) is 0.500. The number of nitrogens with one attached hydrogen (secondary N) is 1. The normalized spacial score (nSPS) is 17.6. The van der Waals surface area contributed by atoms with E-state index in [1.807, 2.05) is 18.7 Å². The van der Waals surface area contributed by atoms with Crippen molar-refractivity contribution in [1.29, 1.82) is 5.26 Å². The summed E-state index contributed by atoms with van der Waals surface area (Å²) in [5.74, 6) is 1.61. The molecule has 0 bridgehead atoms. The lowest BCUT2D eigenvalue weighted by atomic mass is 10.0. The molecular formula is C18H22N6O. The number of amides is 1. The fourth-order valence-corrected chi connectivity index (χ4v) is 3.10. The summed E-state index contributed by atoms with van der Waals surface area (Å²) in [7, 11) is 0. The van der Waals surface area contributed by atoms with E-state index in [2.05, 4.69) is 26.2 Å². The van der Waals surface area contributed by atoms with Crippen molar-refractivity contribution in [3.8, 4) is 6.07 Å². The number of hydrogen-bond acceptors (Lipinski definition) is 5. The smallest absolute Gasteiger partial charge is 0.273 e. The molecule has 3 rings (SSSR count). The zero-order chi connectivity index (χ0) is 18.0. The molecule has 0 saturated carbocycles. The van der Waals surface area contributed by atoms with E-state index < -0.39 is 0 Å². The molecule has 3 heterocycles. The number of H-pyrrole nitrogens is 1. The van der Waals surface area contributed by atoms with Gasteiger partial charge in [-0.1, -0.05) is 13.8 Å². The SMILES string of the molecule is Cc1nc(C(=O)N2CCCC[C@H]2c2nc(C(C)C)n[nH]2)ccc1C#N. The fourth-order valence-electron chi connectivity index (χ4n) is 3.10. The molecule has 0 unspecified atom stereocenters. The third-order valence-electron chi connectivity index (χ3n) is 4.54. The molecule has 2 aromatic rings. The van der Waals surface area contributed by atoms with Gasteiger partial charge in [0, 0.05) is 12.5 Å². The Bertz CT molecular complexity index is 819. The second-order valence-corrected chi connectivity index (χ2v) is 6.68. The molecule has 2 aromatic heterocycles.